The van der Waals surface area contributed by atoms with E-state index in [0.717, 1.165) is 0 Å². The second-order valence-electron chi connectivity index (χ2n) is 3.19. The molecule has 0 saturated carbocycles. The number of rotatable bonds is 4. The molecule has 0 aliphatic heterocycles. The Labute approximate surface area is 110 Å². The Morgan fingerprint density at radius 2 is 2.24 bits per heavy atom. The maximum atomic E-state index is 13.0. The van der Waals surface area contributed by atoms with Crippen LogP contribution in [0, 0.1) is 5.82 Å². The number of aryl methyl sites for hydroxylation is 1. The summed E-state index contributed by atoms with van der Waals surface area (Å²) in [6.45, 7) is 0. The zero-order chi connectivity index (χ0) is 12.3. The second kappa shape index (κ2) is 5.46. The van der Waals surface area contributed by atoms with Crippen molar-refractivity contribution in [2.75, 3.05) is 11.2 Å². The maximum Gasteiger partial charge on any atom is 0.320 e. The van der Waals surface area contributed by atoms with E-state index in [1.54, 1.807) is 6.07 Å². The third-order valence-electron chi connectivity index (χ3n) is 1.95. The van der Waals surface area contributed by atoms with Crippen molar-refractivity contribution in [3.8, 4) is 0 Å². The number of nitrogens with one attached hydrogen (secondary N) is 1. The van der Waals surface area contributed by atoms with Crippen LogP contribution in [0.3, 0.4) is 0 Å². The van der Waals surface area contributed by atoms with Crippen LogP contribution < -0.4 is 5.32 Å². The van der Waals surface area contributed by atoms with Gasteiger partial charge >= 0.3 is 6.01 Å². The Morgan fingerprint density at radius 1 is 1.41 bits per heavy atom. The van der Waals surface area contributed by atoms with Crippen LogP contribution in [0.4, 0.5) is 16.1 Å². The van der Waals surface area contributed by atoms with E-state index in [1.807, 2.05) is 0 Å². The Kier molecular flexibility index (Phi) is 3.96. The summed E-state index contributed by atoms with van der Waals surface area (Å²) in [6.07, 6.45) is 0.501. The molecular weight excluding hydrogens is 312 g/mol. The van der Waals surface area contributed by atoms with Crippen LogP contribution in [-0.2, 0) is 6.42 Å². The van der Waals surface area contributed by atoms with E-state index in [4.69, 9.17) is 16.0 Å². The van der Waals surface area contributed by atoms with Gasteiger partial charge in [-0.25, -0.2) is 4.39 Å². The highest BCUT2D eigenvalue weighted by atomic mass is 79.9. The van der Waals surface area contributed by atoms with Gasteiger partial charge in [0.25, 0.3) is 0 Å². The number of hydrogen-bond acceptors (Lipinski definition) is 4. The summed E-state index contributed by atoms with van der Waals surface area (Å²) in [5.41, 5.74) is 0.520. The molecule has 0 amide bonds. The van der Waals surface area contributed by atoms with E-state index in [0.29, 0.717) is 28.4 Å². The first-order valence-electron chi connectivity index (χ1n) is 4.79. The van der Waals surface area contributed by atoms with Gasteiger partial charge < -0.3 is 9.73 Å². The highest BCUT2D eigenvalue weighted by molar-refractivity contribution is 9.10. The lowest BCUT2D eigenvalue weighted by Gasteiger charge is -2.03. The minimum absolute atomic E-state index is 0.205. The standard InChI is InChI=1S/C10H8BrClFN3O/c11-7-2-1-6(13)5-8(7)14-10-16-15-9(17-10)3-4-12/h1-2,5H,3-4H2,(H,14,16). The zero-order valence-electron chi connectivity index (χ0n) is 8.58. The minimum atomic E-state index is -0.351. The molecule has 0 saturated heterocycles. The molecule has 0 atom stereocenters. The van der Waals surface area contributed by atoms with E-state index in [9.17, 15) is 4.39 Å². The molecule has 0 bridgehead atoms. The Balaban J connectivity index is 2.16. The normalized spacial score (nSPS) is 10.5. The van der Waals surface area contributed by atoms with Crippen molar-refractivity contribution in [2.24, 2.45) is 0 Å². The van der Waals surface area contributed by atoms with Gasteiger partial charge in [0.2, 0.25) is 5.89 Å². The molecule has 0 aliphatic carbocycles. The van der Waals surface area contributed by atoms with E-state index in [-0.39, 0.29) is 11.8 Å². The van der Waals surface area contributed by atoms with Gasteiger partial charge in [-0.1, -0.05) is 5.10 Å². The molecule has 4 nitrogen and oxygen atoms in total. The topological polar surface area (TPSA) is 51.0 Å². The van der Waals surface area contributed by atoms with E-state index >= 15 is 0 Å². The SMILES string of the molecule is Fc1ccc(Br)c(Nc2nnc(CCCl)o2)c1. The summed E-state index contributed by atoms with van der Waals surface area (Å²) >= 11 is 8.83. The minimum Gasteiger partial charge on any atom is -0.408 e. The first-order valence-corrected chi connectivity index (χ1v) is 6.12. The number of halogens is 3. The van der Waals surface area contributed by atoms with Gasteiger partial charge in [0, 0.05) is 16.8 Å². The molecular formula is C10H8BrClFN3O. The van der Waals surface area contributed by atoms with Crippen molar-refractivity contribution < 1.29 is 8.81 Å². The van der Waals surface area contributed by atoms with Crippen LogP contribution in [-0.4, -0.2) is 16.1 Å². The third-order valence-corrected chi connectivity index (χ3v) is 2.83. The zero-order valence-corrected chi connectivity index (χ0v) is 10.9. The van der Waals surface area contributed by atoms with Crippen LogP contribution in [0.15, 0.2) is 27.1 Å². The first-order chi connectivity index (χ1) is 8.19. The predicted octanol–water partition coefficient (Wildman–Crippen LogP) is 3.50. The van der Waals surface area contributed by atoms with Gasteiger partial charge in [-0.3, -0.25) is 0 Å². The molecule has 0 spiro atoms. The summed E-state index contributed by atoms with van der Waals surface area (Å²) in [4.78, 5) is 0. The number of aromatic nitrogens is 2. The molecule has 0 fully saturated rings. The molecule has 2 aromatic rings. The van der Waals surface area contributed by atoms with E-state index < -0.39 is 0 Å². The van der Waals surface area contributed by atoms with Crippen molar-refractivity contribution >= 4 is 39.2 Å². The molecule has 1 aromatic carbocycles. The van der Waals surface area contributed by atoms with Gasteiger partial charge in [-0.2, -0.15) is 0 Å². The van der Waals surface area contributed by atoms with Gasteiger partial charge in [-0.15, -0.1) is 16.7 Å². The van der Waals surface area contributed by atoms with Crippen LogP contribution >= 0.6 is 27.5 Å². The summed E-state index contributed by atoms with van der Waals surface area (Å²) in [7, 11) is 0. The molecule has 0 radical (unpaired) electrons. The molecule has 17 heavy (non-hydrogen) atoms. The third kappa shape index (κ3) is 3.17. The average Bonchev–Trinajstić information content (AvgIpc) is 2.72. The molecule has 1 N–H and O–H groups in total. The van der Waals surface area contributed by atoms with Gasteiger partial charge in [0.1, 0.15) is 5.82 Å². The van der Waals surface area contributed by atoms with Crippen molar-refractivity contribution in [3.05, 3.63) is 34.4 Å². The molecule has 90 valence electrons. The molecule has 7 heteroatoms. The lowest BCUT2D eigenvalue weighted by molar-refractivity contribution is 0.516. The summed E-state index contributed by atoms with van der Waals surface area (Å²) in [6, 6.07) is 4.47. The first kappa shape index (κ1) is 12.3. The van der Waals surface area contributed by atoms with Crippen molar-refractivity contribution in [3.63, 3.8) is 0 Å². The number of anilines is 2. The monoisotopic (exact) mass is 319 g/mol. The van der Waals surface area contributed by atoms with Crippen LogP contribution in [0.25, 0.3) is 0 Å². The van der Waals surface area contributed by atoms with Crippen LogP contribution in [0.5, 0.6) is 0 Å². The molecule has 1 heterocycles. The average molecular weight is 321 g/mol. The molecule has 0 unspecified atom stereocenters. The van der Waals surface area contributed by atoms with E-state index in [1.165, 1.54) is 12.1 Å². The van der Waals surface area contributed by atoms with Crippen molar-refractivity contribution in [1.82, 2.24) is 10.2 Å². The van der Waals surface area contributed by atoms with Crippen LogP contribution in [0.2, 0.25) is 0 Å². The lowest BCUT2D eigenvalue weighted by atomic mass is 10.3. The van der Waals surface area contributed by atoms with Crippen molar-refractivity contribution in [2.45, 2.75) is 6.42 Å². The fraction of sp³-hybridized carbons (Fsp3) is 0.200. The number of hydrogen-bond donors (Lipinski definition) is 1. The van der Waals surface area contributed by atoms with E-state index in [2.05, 4.69) is 31.4 Å². The smallest absolute Gasteiger partial charge is 0.320 e. The number of benzene rings is 1. The van der Waals surface area contributed by atoms with Gasteiger partial charge in [-0.05, 0) is 34.1 Å². The van der Waals surface area contributed by atoms with Crippen molar-refractivity contribution in [1.29, 1.82) is 0 Å². The molecule has 1 aromatic heterocycles. The fourth-order valence-corrected chi connectivity index (χ4v) is 1.70. The maximum absolute atomic E-state index is 13.0. The van der Waals surface area contributed by atoms with Crippen LogP contribution in [0.1, 0.15) is 5.89 Å². The highest BCUT2D eigenvalue weighted by Gasteiger charge is 2.08. The Bertz CT molecular complexity index is 520. The predicted molar refractivity (Wildman–Crippen MR) is 66.1 cm³/mol. The Hall–Kier alpha value is -1.14. The summed E-state index contributed by atoms with van der Waals surface area (Å²) < 4.78 is 19.0. The molecule has 0 aliphatic rings. The quantitative estimate of drug-likeness (QED) is 0.876. The van der Waals surface area contributed by atoms with Gasteiger partial charge in [0.15, 0.2) is 0 Å². The summed E-state index contributed by atoms with van der Waals surface area (Å²) in [5, 5.41) is 10.4. The Morgan fingerprint density at radius 3 is 3.00 bits per heavy atom. The fourth-order valence-electron chi connectivity index (χ4n) is 1.19. The van der Waals surface area contributed by atoms with Gasteiger partial charge in [0.05, 0.1) is 5.69 Å². The highest BCUT2D eigenvalue weighted by Crippen LogP contribution is 2.26. The molecule has 2 rings (SSSR count). The number of alkyl halides is 1. The number of nitrogens with zero attached hydrogens (tertiary/aromatic N) is 2. The summed E-state index contributed by atoms with van der Waals surface area (Å²) in [5.74, 6) is 0.497. The second-order valence-corrected chi connectivity index (χ2v) is 4.42. The largest absolute Gasteiger partial charge is 0.408 e. The lowest BCUT2D eigenvalue weighted by Crippen LogP contribution is -1.92.